The Morgan fingerprint density at radius 3 is 2.74 bits per heavy atom. The lowest BCUT2D eigenvalue weighted by atomic mass is 10.1. The van der Waals surface area contributed by atoms with Crippen LogP contribution in [0.25, 0.3) is 0 Å². The van der Waals surface area contributed by atoms with E-state index in [4.69, 9.17) is 16.3 Å². The first-order chi connectivity index (χ1) is 11.0. The standard InChI is InChI=1S/C16H20ClFN2O3/c17-11-1-2-12(13(18)9-11)14(21)15(22)19-10-16(3-4-16)20-5-7-23-8-6-20/h1-2,9,14,21H,3-8,10H2,(H,19,22). The number of nitrogens with zero attached hydrogens (tertiary/aromatic N) is 1. The Bertz CT molecular complexity index is 589. The van der Waals surface area contributed by atoms with Crippen LogP contribution in [0.15, 0.2) is 18.2 Å². The third-order valence-corrected chi connectivity index (χ3v) is 4.84. The van der Waals surface area contributed by atoms with Gasteiger partial charge in [0.2, 0.25) is 0 Å². The number of halogens is 2. The second kappa shape index (κ2) is 6.73. The number of rotatable bonds is 5. The number of carbonyl (C=O) groups is 1. The van der Waals surface area contributed by atoms with Gasteiger partial charge in [0.15, 0.2) is 6.10 Å². The van der Waals surface area contributed by atoms with E-state index in [1.165, 1.54) is 12.1 Å². The first-order valence-electron chi connectivity index (χ1n) is 7.75. The van der Waals surface area contributed by atoms with Gasteiger partial charge in [-0.05, 0) is 25.0 Å². The summed E-state index contributed by atoms with van der Waals surface area (Å²) in [6, 6.07) is 3.87. The van der Waals surface area contributed by atoms with Crippen molar-refractivity contribution in [2.75, 3.05) is 32.8 Å². The Morgan fingerprint density at radius 2 is 2.13 bits per heavy atom. The summed E-state index contributed by atoms with van der Waals surface area (Å²) in [7, 11) is 0. The van der Waals surface area contributed by atoms with Crippen LogP contribution in [-0.4, -0.2) is 54.3 Å². The van der Waals surface area contributed by atoms with E-state index >= 15 is 0 Å². The van der Waals surface area contributed by atoms with Gasteiger partial charge >= 0.3 is 0 Å². The van der Waals surface area contributed by atoms with Crippen LogP contribution < -0.4 is 5.32 Å². The highest BCUT2D eigenvalue weighted by atomic mass is 35.5. The maximum Gasteiger partial charge on any atom is 0.253 e. The predicted octanol–water partition coefficient (Wildman–Crippen LogP) is 1.49. The summed E-state index contributed by atoms with van der Waals surface area (Å²) in [5.74, 6) is -1.28. The van der Waals surface area contributed by atoms with Crippen molar-refractivity contribution in [3.8, 4) is 0 Å². The average molecular weight is 343 g/mol. The zero-order valence-electron chi connectivity index (χ0n) is 12.7. The highest BCUT2D eigenvalue weighted by Crippen LogP contribution is 2.41. The number of aliphatic hydroxyl groups is 1. The summed E-state index contributed by atoms with van der Waals surface area (Å²) in [6.07, 6.45) is 0.491. The minimum Gasteiger partial charge on any atom is -0.379 e. The molecule has 1 amide bonds. The molecule has 7 heteroatoms. The summed E-state index contributed by atoms with van der Waals surface area (Å²) in [5, 5.41) is 13.0. The lowest BCUT2D eigenvalue weighted by Gasteiger charge is -2.35. The molecular weight excluding hydrogens is 323 g/mol. The number of nitrogens with one attached hydrogen (secondary N) is 1. The molecule has 1 heterocycles. The summed E-state index contributed by atoms with van der Waals surface area (Å²) in [4.78, 5) is 14.5. The van der Waals surface area contributed by atoms with Crippen molar-refractivity contribution >= 4 is 17.5 Å². The van der Waals surface area contributed by atoms with Crippen LogP contribution in [0.5, 0.6) is 0 Å². The van der Waals surface area contributed by atoms with Gasteiger partial charge in [0.1, 0.15) is 5.82 Å². The van der Waals surface area contributed by atoms with E-state index in [0.29, 0.717) is 19.8 Å². The number of benzene rings is 1. The van der Waals surface area contributed by atoms with Crippen molar-refractivity contribution in [3.63, 3.8) is 0 Å². The fourth-order valence-electron chi connectivity index (χ4n) is 3.00. The number of aliphatic hydroxyl groups excluding tert-OH is 1. The largest absolute Gasteiger partial charge is 0.379 e. The molecule has 1 aromatic rings. The fraction of sp³-hybridized carbons (Fsp3) is 0.562. The normalized spacial score (nSPS) is 21.7. The summed E-state index contributed by atoms with van der Waals surface area (Å²) in [5.41, 5.74) is -0.0966. The lowest BCUT2D eigenvalue weighted by Crippen LogP contribution is -2.51. The molecule has 2 aliphatic rings. The van der Waals surface area contributed by atoms with Crippen molar-refractivity contribution in [2.24, 2.45) is 0 Å². The molecule has 23 heavy (non-hydrogen) atoms. The van der Waals surface area contributed by atoms with Crippen LogP contribution in [0.3, 0.4) is 0 Å². The molecule has 1 unspecified atom stereocenters. The molecule has 1 aliphatic carbocycles. The summed E-state index contributed by atoms with van der Waals surface area (Å²) < 4.78 is 19.1. The average Bonchev–Trinajstić information content (AvgIpc) is 3.34. The maximum atomic E-state index is 13.8. The van der Waals surface area contributed by atoms with Crippen LogP contribution in [0.2, 0.25) is 5.02 Å². The minimum atomic E-state index is -1.53. The van der Waals surface area contributed by atoms with Gasteiger partial charge in [-0.25, -0.2) is 4.39 Å². The smallest absolute Gasteiger partial charge is 0.253 e. The van der Waals surface area contributed by atoms with Gasteiger partial charge in [0.05, 0.1) is 13.2 Å². The first-order valence-corrected chi connectivity index (χ1v) is 8.13. The van der Waals surface area contributed by atoms with E-state index in [1.807, 2.05) is 0 Å². The topological polar surface area (TPSA) is 61.8 Å². The molecule has 1 saturated heterocycles. The number of ether oxygens (including phenoxy) is 1. The van der Waals surface area contributed by atoms with Crippen molar-refractivity contribution in [1.29, 1.82) is 0 Å². The number of carbonyl (C=O) groups excluding carboxylic acids is 1. The van der Waals surface area contributed by atoms with E-state index in [0.717, 1.165) is 32.0 Å². The van der Waals surface area contributed by atoms with Gasteiger partial charge in [0.25, 0.3) is 5.91 Å². The highest BCUT2D eigenvalue weighted by Gasteiger charge is 2.48. The zero-order valence-corrected chi connectivity index (χ0v) is 13.5. The first kappa shape index (κ1) is 16.6. The molecule has 1 saturated carbocycles. The maximum absolute atomic E-state index is 13.8. The molecule has 0 spiro atoms. The number of hydrogen-bond donors (Lipinski definition) is 2. The Labute approximate surface area is 139 Å². The Kier molecular flexibility index (Phi) is 4.87. The molecule has 3 rings (SSSR count). The lowest BCUT2D eigenvalue weighted by molar-refractivity contribution is -0.130. The second-order valence-electron chi connectivity index (χ2n) is 6.11. The third kappa shape index (κ3) is 3.66. The van der Waals surface area contributed by atoms with Crippen molar-refractivity contribution < 1.29 is 19.0 Å². The molecular formula is C16H20ClFN2O3. The molecule has 0 radical (unpaired) electrons. The van der Waals surface area contributed by atoms with Gasteiger partial charge < -0.3 is 15.2 Å². The summed E-state index contributed by atoms with van der Waals surface area (Å²) in [6.45, 7) is 3.56. The molecule has 2 N–H and O–H groups in total. The molecule has 0 aromatic heterocycles. The van der Waals surface area contributed by atoms with Gasteiger partial charge in [0, 0.05) is 35.8 Å². The number of morpholine rings is 1. The molecule has 2 fully saturated rings. The van der Waals surface area contributed by atoms with E-state index < -0.39 is 17.8 Å². The monoisotopic (exact) mass is 342 g/mol. The Morgan fingerprint density at radius 1 is 1.43 bits per heavy atom. The van der Waals surface area contributed by atoms with Gasteiger partial charge in [-0.15, -0.1) is 0 Å². The molecule has 5 nitrogen and oxygen atoms in total. The molecule has 1 aromatic carbocycles. The Hall–Kier alpha value is -1.21. The second-order valence-corrected chi connectivity index (χ2v) is 6.55. The molecule has 1 aliphatic heterocycles. The van der Waals surface area contributed by atoms with Crippen LogP contribution in [-0.2, 0) is 9.53 Å². The van der Waals surface area contributed by atoms with E-state index in [-0.39, 0.29) is 16.1 Å². The van der Waals surface area contributed by atoms with Crippen LogP contribution in [0.4, 0.5) is 4.39 Å². The number of hydrogen-bond acceptors (Lipinski definition) is 4. The van der Waals surface area contributed by atoms with Crippen molar-refractivity contribution in [3.05, 3.63) is 34.6 Å². The molecule has 126 valence electrons. The van der Waals surface area contributed by atoms with Crippen molar-refractivity contribution in [2.45, 2.75) is 24.5 Å². The van der Waals surface area contributed by atoms with Crippen molar-refractivity contribution in [1.82, 2.24) is 10.2 Å². The molecule has 0 bridgehead atoms. The number of amides is 1. The zero-order chi connectivity index (χ0) is 16.4. The van der Waals surface area contributed by atoms with E-state index in [2.05, 4.69) is 10.2 Å². The predicted molar refractivity (Wildman–Crippen MR) is 83.7 cm³/mol. The van der Waals surface area contributed by atoms with Gasteiger partial charge in [-0.3, -0.25) is 9.69 Å². The van der Waals surface area contributed by atoms with Gasteiger partial charge in [-0.2, -0.15) is 0 Å². The fourth-order valence-corrected chi connectivity index (χ4v) is 3.16. The van der Waals surface area contributed by atoms with E-state index in [9.17, 15) is 14.3 Å². The Balaban J connectivity index is 1.58. The quantitative estimate of drug-likeness (QED) is 0.851. The van der Waals surface area contributed by atoms with Crippen LogP contribution in [0, 0.1) is 5.82 Å². The summed E-state index contributed by atoms with van der Waals surface area (Å²) >= 11 is 5.68. The van der Waals surface area contributed by atoms with E-state index in [1.54, 1.807) is 0 Å². The third-order valence-electron chi connectivity index (χ3n) is 4.61. The SMILES string of the molecule is O=C(NCC1(N2CCOCC2)CC1)C(O)c1ccc(Cl)cc1F. The van der Waals surface area contributed by atoms with Crippen LogP contribution in [0.1, 0.15) is 24.5 Å². The highest BCUT2D eigenvalue weighted by molar-refractivity contribution is 6.30. The van der Waals surface area contributed by atoms with Gasteiger partial charge in [-0.1, -0.05) is 17.7 Å². The van der Waals surface area contributed by atoms with Crippen LogP contribution >= 0.6 is 11.6 Å². The minimum absolute atomic E-state index is 0.0301. The molecule has 1 atom stereocenters.